The van der Waals surface area contributed by atoms with Crippen LogP contribution in [-0.4, -0.2) is 42.8 Å². The molecule has 0 spiro atoms. The van der Waals surface area contributed by atoms with Crippen molar-refractivity contribution in [2.45, 2.75) is 12.8 Å². The second-order valence-electron chi connectivity index (χ2n) is 2.77. The first kappa shape index (κ1) is 15.7. The molecule has 0 fully saturated rings. The van der Waals surface area contributed by atoms with Crippen molar-refractivity contribution in [3.8, 4) is 0 Å². The van der Waals surface area contributed by atoms with Gasteiger partial charge in [-0.2, -0.15) is 0 Å². The fourth-order valence-corrected chi connectivity index (χ4v) is 0.749. The Balaban J connectivity index is 3.27. The first-order valence-electron chi connectivity index (χ1n) is 4.86. The minimum Gasteiger partial charge on any atom is -0.434 e. The second-order valence-corrected chi connectivity index (χ2v) is 2.77. The van der Waals surface area contributed by atoms with E-state index >= 15 is 0 Å². The average molecular weight is 268 g/mol. The molecule has 0 amide bonds. The van der Waals surface area contributed by atoms with Gasteiger partial charge in [-0.05, 0) is 0 Å². The summed E-state index contributed by atoms with van der Waals surface area (Å²) in [5.74, 6) is 0. The minimum atomic E-state index is -0.961. The minimum absolute atomic E-state index is 0.0852. The van der Waals surface area contributed by atoms with Crippen LogP contribution in [0.15, 0.2) is 0 Å². The standard InChI is InChI=1S/C7H12N2O9/c10-7(15-3-1-5-17-8(11)12)16-4-2-6-18-9(13)14/h1-6H2. The lowest BCUT2D eigenvalue weighted by Crippen LogP contribution is -2.13. The van der Waals surface area contributed by atoms with E-state index in [1.165, 1.54) is 0 Å². The van der Waals surface area contributed by atoms with Crippen LogP contribution in [0, 0.1) is 20.2 Å². The van der Waals surface area contributed by atoms with Crippen molar-refractivity contribution in [3.05, 3.63) is 20.2 Å². The Labute approximate surface area is 101 Å². The summed E-state index contributed by atoms with van der Waals surface area (Å²) in [5, 5.41) is 17.6. The zero-order chi connectivity index (χ0) is 13.8. The van der Waals surface area contributed by atoms with E-state index in [0.717, 1.165) is 0 Å². The molecule has 11 heteroatoms. The highest BCUT2D eigenvalue weighted by Crippen LogP contribution is 1.92. The average Bonchev–Trinajstić information content (AvgIpc) is 2.27. The predicted molar refractivity (Wildman–Crippen MR) is 52.4 cm³/mol. The fourth-order valence-electron chi connectivity index (χ4n) is 0.749. The lowest BCUT2D eigenvalue weighted by Gasteiger charge is -2.05. The highest BCUT2D eigenvalue weighted by atomic mass is 17.0. The molecule has 11 nitrogen and oxygen atoms in total. The molecule has 0 aliphatic heterocycles. The third-order valence-electron chi connectivity index (χ3n) is 1.41. The van der Waals surface area contributed by atoms with E-state index in [2.05, 4.69) is 19.1 Å². The maximum absolute atomic E-state index is 10.8. The van der Waals surface area contributed by atoms with Crippen molar-refractivity contribution in [3.63, 3.8) is 0 Å². The molecular weight excluding hydrogens is 256 g/mol. The van der Waals surface area contributed by atoms with Crippen LogP contribution in [-0.2, 0) is 19.1 Å². The van der Waals surface area contributed by atoms with Crippen LogP contribution in [0.5, 0.6) is 0 Å². The maximum Gasteiger partial charge on any atom is 0.508 e. The maximum atomic E-state index is 10.8. The van der Waals surface area contributed by atoms with Crippen molar-refractivity contribution in [1.29, 1.82) is 0 Å². The summed E-state index contributed by atoms with van der Waals surface area (Å²) >= 11 is 0. The molecule has 0 aromatic rings. The molecule has 18 heavy (non-hydrogen) atoms. The topological polar surface area (TPSA) is 140 Å². The molecule has 0 unspecified atom stereocenters. The Bertz CT molecular complexity index is 256. The normalized spacial score (nSPS) is 9.33. The van der Waals surface area contributed by atoms with E-state index < -0.39 is 16.3 Å². The molecule has 0 aromatic carbocycles. The third kappa shape index (κ3) is 11.7. The van der Waals surface area contributed by atoms with E-state index in [0.29, 0.717) is 0 Å². The van der Waals surface area contributed by atoms with Crippen molar-refractivity contribution in [2.24, 2.45) is 0 Å². The van der Waals surface area contributed by atoms with E-state index in [1.54, 1.807) is 0 Å². The summed E-state index contributed by atoms with van der Waals surface area (Å²) in [6.45, 7) is -0.538. The number of ether oxygens (including phenoxy) is 2. The van der Waals surface area contributed by atoms with E-state index in [-0.39, 0.29) is 39.3 Å². The summed E-state index contributed by atoms with van der Waals surface area (Å²) in [6, 6.07) is 0. The molecule has 0 rings (SSSR count). The Kier molecular flexibility index (Phi) is 8.59. The molecule has 0 saturated carbocycles. The largest absolute Gasteiger partial charge is 0.508 e. The third-order valence-corrected chi connectivity index (χ3v) is 1.41. The van der Waals surface area contributed by atoms with Gasteiger partial charge in [-0.1, -0.05) is 0 Å². The number of nitrogens with zero attached hydrogens (tertiary/aromatic N) is 2. The van der Waals surface area contributed by atoms with Gasteiger partial charge in [0.1, 0.15) is 0 Å². The fraction of sp³-hybridized carbons (Fsp3) is 0.857. The Morgan fingerprint density at radius 3 is 1.56 bits per heavy atom. The van der Waals surface area contributed by atoms with Crippen LogP contribution in [0.2, 0.25) is 0 Å². The number of hydrogen-bond acceptors (Lipinski definition) is 9. The Hall–Kier alpha value is -2.33. The van der Waals surface area contributed by atoms with Crippen molar-refractivity contribution in [2.75, 3.05) is 26.4 Å². The predicted octanol–water partition coefficient (Wildman–Crippen LogP) is 0.336. The molecule has 0 saturated heterocycles. The molecule has 0 aliphatic rings. The summed E-state index contributed by atoms with van der Waals surface area (Å²) < 4.78 is 9.03. The molecule has 104 valence electrons. The van der Waals surface area contributed by atoms with Gasteiger partial charge in [0.15, 0.2) is 0 Å². The first-order chi connectivity index (χ1) is 8.52. The summed E-state index contributed by atoms with van der Waals surface area (Å²) in [4.78, 5) is 38.3. The first-order valence-corrected chi connectivity index (χ1v) is 4.86. The second kappa shape index (κ2) is 9.86. The van der Waals surface area contributed by atoms with Crippen LogP contribution in [0.3, 0.4) is 0 Å². The highest BCUT2D eigenvalue weighted by Gasteiger charge is 2.04. The Morgan fingerprint density at radius 1 is 0.833 bits per heavy atom. The number of rotatable bonds is 10. The summed E-state index contributed by atoms with van der Waals surface area (Å²) in [6.07, 6.45) is -0.654. The number of hydrogen-bond donors (Lipinski definition) is 0. The van der Waals surface area contributed by atoms with Crippen molar-refractivity contribution < 1.29 is 34.1 Å². The van der Waals surface area contributed by atoms with Gasteiger partial charge in [-0.15, -0.1) is 20.2 Å². The van der Waals surface area contributed by atoms with Crippen molar-refractivity contribution in [1.82, 2.24) is 0 Å². The molecule has 0 bridgehead atoms. The van der Waals surface area contributed by atoms with Gasteiger partial charge in [-0.3, -0.25) is 0 Å². The smallest absolute Gasteiger partial charge is 0.434 e. The van der Waals surface area contributed by atoms with Crippen molar-refractivity contribution >= 4 is 6.16 Å². The van der Waals surface area contributed by atoms with Crippen LogP contribution >= 0.6 is 0 Å². The van der Waals surface area contributed by atoms with E-state index in [4.69, 9.17) is 0 Å². The van der Waals surface area contributed by atoms with Gasteiger partial charge in [0.2, 0.25) is 0 Å². The summed E-state index contributed by atoms with van der Waals surface area (Å²) in [5.41, 5.74) is 0. The molecule has 0 heterocycles. The monoisotopic (exact) mass is 268 g/mol. The van der Waals surface area contributed by atoms with Gasteiger partial charge in [0.25, 0.3) is 10.2 Å². The molecule has 0 radical (unpaired) electrons. The van der Waals surface area contributed by atoms with Crippen LogP contribution in [0.1, 0.15) is 12.8 Å². The van der Waals surface area contributed by atoms with Gasteiger partial charge >= 0.3 is 6.16 Å². The molecule has 0 atom stereocenters. The van der Waals surface area contributed by atoms with Gasteiger partial charge in [-0.25, -0.2) is 4.79 Å². The van der Waals surface area contributed by atoms with E-state index in [1.807, 2.05) is 0 Å². The molecule has 0 N–H and O–H groups in total. The van der Waals surface area contributed by atoms with Crippen LogP contribution in [0.25, 0.3) is 0 Å². The zero-order valence-electron chi connectivity index (χ0n) is 9.31. The van der Waals surface area contributed by atoms with Gasteiger partial charge in [0, 0.05) is 12.8 Å². The van der Waals surface area contributed by atoms with E-state index in [9.17, 15) is 25.0 Å². The SMILES string of the molecule is O=C(OCCCO[N+](=O)[O-])OCCCO[N+](=O)[O-]. The van der Waals surface area contributed by atoms with Gasteiger partial charge in [0.05, 0.1) is 26.4 Å². The zero-order valence-corrected chi connectivity index (χ0v) is 9.31. The number of carbonyl (C=O) groups excluding carboxylic acids is 1. The van der Waals surface area contributed by atoms with Crippen LogP contribution in [0.4, 0.5) is 4.79 Å². The highest BCUT2D eigenvalue weighted by molar-refractivity contribution is 5.59. The summed E-state index contributed by atoms with van der Waals surface area (Å²) in [7, 11) is 0. The Morgan fingerprint density at radius 2 is 1.22 bits per heavy atom. The molecular formula is C7H12N2O9. The van der Waals surface area contributed by atoms with Gasteiger partial charge < -0.3 is 19.1 Å². The number of carbonyl (C=O) groups is 1. The lowest BCUT2D eigenvalue weighted by molar-refractivity contribution is -0.757. The quantitative estimate of drug-likeness (QED) is 0.237. The lowest BCUT2D eigenvalue weighted by atomic mass is 10.5. The molecule has 0 aliphatic carbocycles. The molecule has 0 aromatic heterocycles. The van der Waals surface area contributed by atoms with Crippen LogP contribution < -0.4 is 0 Å².